The maximum atomic E-state index is 12.2. The van der Waals surface area contributed by atoms with E-state index in [1.807, 2.05) is 6.07 Å². The van der Waals surface area contributed by atoms with Crippen LogP contribution in [-0.4, -0.2) is 22.2 Å². The lowest BCUT2D eigenvalue weighted by molar-refractivity contribution is 0.0690. The summed E-state index contributed by atoms with van der Waals surface area (Å²) in [5, 5.41) is 9.15. The number of nitrogens with zero attached hydrogens (tertiary/aromatic N) is 1. The Morgan fingerprint density at radius 3 is 2.53 bits per heavy atom. The number of carbonyl (C=O) groups is 1. The summed E-state index contributed by atoms with van der Waals surface area (Å²) >= 11 is 0. The Balaban J connectivity index is 2.64. The molecule has 0 saturated carbocycles. The lowest BCUT2D eigenvalue weighted by Crippen LogP contribution is -2.25. The standard InChI is InChI=1S/C14H13NO4/c1-2-19-11-8-9-15(10-6-4-3-5-7-10)13(16)12(11)14(17)18/h3-9H,2H2,1H3,(H,17,18). The van der Waals surface area contributed by atoms with Crippen molar-refractivity contribution >= 4 is 5.97 Å². The Hall–Kier alpha value is -2.56. The van der Waals surface area contributed by atoms with E-state index in [0.29, 0.717) is 12.3 Å². The lowest BCUT2D eigenvalue weighted by Gasteiger charge is -2.10. The normalized spacial score (nSPS) is 10.2. The number of rotatable bonds is 4. The predicted molar refractivity (Wildman–Crippen MR) is 70.2 cm³/mol. The van der Waals surface area contributed by atoms with Crippen LogP contribution in [0, 0.1) is 0 Å². The van der Waals surface area contributed by atoms with Gasteiger partial charge in [0.1, 0.15) is 5.75 Å². The van der Waals surface area contributed by atoms with Crippen LogP contribution >= 0.6 is 0 Å². The molecule has 0 saturated heterocycles. The quantitative estimate of drug-likeness (QED) is 0.911. The minimum Gasteiger partial charge on any atom is -0.493 e. The third-order valence-corrected chi connectivity index (χ3v) is 2.60. The number of aromatic carboxylic acids is 1. The molecule has 0 aliphatic rings. The SMILES string of the molecule is CCOc1ccn(-c2ccccc2)c(=O)c1C(=O)O. The van der Waals surface area contributed by atoms with Crippen molar-refractivity contribution in [3.05, 3.63) is 58.5 Å². The highest BCUT2D eigenvalue weighted by Gasteiger charge is 2.18. The Morgan fingerprint density at radius 2 is 1.95 bits per heavy atom. The van der Waals surface area contributed by atoms with Crippen molar-refractivity contribution in [1.82, 2.24) is 4.57 Å². The molecule has 2 rings (SSSR count). The van der Waals surface area contributed by atoms with Gasteiger partial charge in [-0.2, -0.15) is 0 Å². The fourth-order valence-electron chi connectivity index (χ4n) is 1.78. The topological polar surface area (TPSA) is 68.5 Å². The first-order valence-corrected chi connectivity index (χ1v) is 5.82. The average Bonchev–Trinajstić information content (AvgIpc) is 2.40. The van der Waals surface area contributed by atoms with Gasteiger partial charge in [0.15, 0.2) is 5.56 Å². The third kappa shape index (κ3) is 2.49. The molecule has 0 amide bonds. The largest absolute Gasteiger partial charge is 0.493 e. The highest BCUT2D eigenvalue weighted by Crippen LogP contribution is 2.16. The average molecular weight is 259 g/mol. The van der Waals surface area contributed by atoms with Crippen LogP contribution in [0.5, 0.6) is 5.75 Å². The zero-order valence-corrected chi connectivity index (χ0v) is 10.4. The highest BCUT2D eigenvalue weighted by atomic mass is 16.5. The van der Waals surface area contributed by atoms with E-state index in [9.17, 15) is 9.59 Å². The van der Waals surface area contributed by atoms with Crippen LogP contribution in [0.15, 0.2) is 47.4 Å². The molecule has 5 heteroatoms. The van der Waals surface area contributed by atoms with Gasteiger partial charge in [0, 0.05) is 11.9 Å². The predicted octanol–water partition coefficient (Wildman–Crippen LogP) is 1.93. The van der Waals surface area contributed by atoms with Gasteiger partial charge in [-0.15, -0.1) is 0 Å². The Morgan fingerprint density at radius 1 is 1.26 bits per heavy atom. The van der Waals surface area contributed by atoms with Crippen molar-refractivity contribution in [2.24, 2.45) is 0 Å². The monoisotopic (exact) mass is 259 g/mol. The summed E-state index contributed by atoms with van der Waals surface area (Å²) < 4.78 is 6.46. The van der Waals surface area contributed by atoms with E-state index in [1.165, 1.54) is 16.8 Å². The summed E-state index contributed by atoms with van der Waals surface area (Å²) in [6, 6.07) is 10.3. The van der Waals surface area contributed by atoms with Crippen LogP contribution < -0.4 is 10.3 Å². The van der Waals surface area contributed by atoms with Crippen LogP contribution in [-0.2, 0) is 0 Å². The molecule has 1 aromatic carbocycles. The van der Waals surface area contributed by atoms with Gasteiger partial charge in [-0.1, -0.05) is 18.2 Å². The van der Waals surface area contributed by atoms with Crippen molar-refractivity contribution in [3.63, 3.8) is 0 Å². The molecule has 0 radical (unpaired) electrons. The van der Waals surface area contributed by atoms with Crippen LogP contribution in [0.2, 0.25) is 0 Å². The van der Waals surface area contributed by atoms with Crippen molar-refractivity contribution < 1.29 is 14.6 Å². The molecule has 19 heavy (non-hydrogen) atoms. The van der Waals surface area contributed by atoms with E-state index in [1.54, 1.807) is 31.2 Å². The number of aromatic nitrogens is 1. The van der Waals surface area contributed by atoms with Crippen LogP contribution in [0.25, 0.3) is 5.69 Å². The summed E-state index contributed by atoms with van der Waals surface area (Å²) in [6.45, 7) is 2.03. The van der Waals surface area contributed by atoms with Crippen molar-refractivity contribution in [2.75, 3.05) is 6.61 Å². The number of para-hydroxylation sites is 1. The van der Waals surface area contributed by atoms with Crippen molar-refractivity contribution in [1.29, 1.82) is 0 Å². The summed E-state index contributed by atoms with van der Waals surface area (Å²) in [6.07, 6.45) is 1.51. The first-order chi connectivity index (χ1) is 9.15. The smallest absolute Gasteiger partial charge is 0.345 e. The van der Waals surface area contributed by atoms with E-state index in [0.717, 1.165) is 0 Å². The molecule has 0 spiro atoms. The zero-order valence-electron chi connectivity index (χ0n) is 10.4. The van der Waals surface area contributed by atoms with Crippen LogP contribution in [0.4, 0.5) is 0 Å². The van der Waals surface area contributed by atoms with Crippen molar-refractivity contribution in [3.8, 4) is 11.4 Å². The highest BCUT2D eigenvalue weighted by molar-refractivity contribution is 5.90. The van der Waals surface area contributed by atoms with Gasteiger partial charge in [0.2, 0.25) is 0 Å². The minimum absolute atomic E-state index is 0.0900. The first-order valence-electron chi connectivity index (χ1n) is 5.82. The number of carboxylic acid groups (broad SMARTS) is 1. The molecule has 0 fully saturated rings. The molecule has 0 atom stereocenters. The molecule has 0 aliphatic heterocycles. The maximum Gasteiger partial charge on any atom is 0.345 e. The number of benzene rings is 1. The summed E-state index contributed by atoms with van der Waals surface area (Å²) in [5.74, 6) is -1.20. The molecule has 5 nitrogen and oxygen atoms in total. The van der Waals surface area contributed by atoms with Gasteiger partial charge < -0.3 is 9.84 Å². The molecule has 1 N–H and O–H groups in total. The van der Waals surface area contributed by atoms with Crippen LogP contribution in [0.1, 0.15) is 17.3 Å². The molecule has 0 aliphatic carbocycles. The molecule has 1 heterocycles. The Kier molecular flexibility index (Phi) is 3.66. The van der Waals surface area contributed by atoms with E-state index in [-0.39, 0.29) is 11.3 Å². The summed E-state index contributed by atoms with van der Waals surface area (Å²) in [4.78, 5) is 23.4. The number of ether oxygens (including phenoxy) is 1. The zero-order chi connectivity index (χ0) is 13.8. The van der Waals surface area contributed by atoms with Gasteiger partial charge in [0.25, 0.3) is 5.56 Å². The molecular formula is C14H13NO4. The van der Waals surface area contributed by atoms with Gasteiger partial charge in [-0.05, 0) is 25.1 Å². The number of carboxylic acids is 1. The number of hydrogen-bond donors (Lipinski definition) is 1. The molecule has 0 unspecified atom stereocenters. The number of hydrogen-bond acceptors (Lipinski definition) is 3. The van der Waals surface area contributed by atoms with Crippen molar-refractivity contribution in [2.45, 2.75) is 6.92 Å². The second kappa shape index (κ2) is 5.39. The van der Waals surface area contributed by atoms with E-state index in [4.69, 9.17) is 9.84 Å². The van der Waals surface area contributed by atoms with E-state index >= 15 is 0 Å². The third-order valence-electron chi connectivity index (χ3n) is 2.60. The molecule has 0 bridgehead atoms. The molecule has 1 aromatic heterocycles. The maximum absolute atomic E-state index is 12.2. The van der Waals surface area contributed by atoms with Gasteiger partial charge in [-0.25, -0.2) is 4.79 Å². The molecular weight excluding hydrogens is 246 g/mol. The van der Waals surface area contributed by atoms with Gasteiger partial charge >= 0.3 is 5.97 Å². The second-order valence-corrected chi connectivity index (χ2v) is 3.80. The van der Waals surface area contributed by atoms with E-state index < -0.39 is 11.5 Å². The lowest BCUT2D eigenvalue weighted by atomic mass is 10.2. The van der Waals surface area contributed by atoms with Gasteiger partial charge in [0.05, 0.1) is 6.61 Å². The van der Waals surface area contributed by atoms with E-state index in [2.05, 4.69) is 0 Å². The summed E-state index contributed by atoms with van der Waals surface area (Å²) in [7, 11) is 0. The molecule has 98 valence electrons. The van der Waals surface area contributed by atoms with Crippen LogP contribution in [0.3, 0.4) is 0 Å². The minimum atomic E-state index is -1.29. The Labute approximate surface area is 109 Å². The Bertz CT molecular complexity index is 646. The first kappa shape index (κ1) is 12.9. The van der Waals surface area contributed by atoms with Gasteiger partial charge in [-0.3, -0.25) is 9.36 Å². The fourth-order valence-corrected chi connectivity index (χ4v) is 1.78. The fraction of sp³-hybridized carbons (Fsp3) is 0.143. The molecule has 2 aromatic rings. The second-order valence-electron chi connectivity index (χ2n) is 3.80. The number of pyridine rings is 1. The summed E-state index contributed by atoms with van der Waals surface area (Å²) in [5.41, 5.74) is -0.351.